The minimum absolute atomic E-state index is 0.196. The molecule has 1 aliphatic rings. The second-order valence-electron chi connectivity index (χ2n) is 3.68. The Balaban J connectivity index is 1.99. The number of amides is 1. The van der Waals surface area contributed by atoms with E-state index in [1.807, 2.05) is 0 Å². The molecule has 0 bridgehead atoms. The van der Waals surface area contributed by atoms with Crippen molar-refractivity contribution in [3.8, 4) is 6.07 Å². The SMILES string of the molecule is N#CCC1(CNCCOC(N)=O)CC1. The molecule has 1 aliphatic carbocycles. The second kappa shape index (κ2) is 4.82. The van der Waals surface area contributed by atoms with Gasteiger partial charge in [-0.2, -0.15) is 5.26 Å². The fourth-order valence-corrected chi connectivity index (χ4v) is 1.34. The summed E-state index contributed by atoms with van der Waals surface area (Å²) < 4.78 is 4.55. The normalized spacial score (nSPS) is 17.1. The van der Waals surface area contributed by atoms with Crippen LogP contribution >= 0.6 is 0 Å². The molecule has 1 fully saturated rings. The Kier molecular flexibility index (Phi) is 3.72. The van der Waals surface area contributed by atoms with E-state index in [-0.39, 0.29) is 12.0 Å². The van der Waals surface area contributed by atoms with Crippen molar-refractivity contribution in [2.45, 2.75) is 19.3 Å². The molecule has 0 radical (unpaired) electrons. The number of ether oxygens (including phenoxy) is 1. The zero-order chi connectivity index (χ0) is 10.4. The summed E-state index contributed by atoms with van der Waals surface area (Å²) in [5.74, 6) is 0. The minimum atomic E-state index is -0.745. The van der Waals surface area contributed by atoms with Crippen molar-refractivity contribution in [1.82, 2.24) is 5.32 Å². The van der Waals surface area contributed by atoms with E-state index in [0.29, 0.717) is 13.0 Å². The van der Waals surface area contributed by atoms with Gasteiger partial charge in [0.1, 0.15) is 6.61 Å². The molecule has 14 heavy (non-hydrogen) atoms. The number of carbonyl (C=O) groups is 1. The highest BCUT2D eigenvalue weighted by Gasteiger charge is 2.41. The molecule has 0 aromatic rings. The smallest absolute Gasteiger partial charge is 0.404 e. The van der Waals surface area contributed by atoms with Crippen LogP contribution in [0, 0.1) is 16.7 Å². The summed E-state index contributed by atoms with van der Waals surface area (Å²) in [6, 6.07) is 2.18. The lowest BCUT2D eigenvalue weighted by molar-refractivity contribution is 0.156. The van der Waals surface area contributed by atoms with Crippen LogP contribution in [0.3, 0.4) is 0 Å². The van der Waals surface area contributed by atoms with Crippen molar-refractivity contribution in [3.05, 3.63) is 0 Å². The molecule has 0 unspecified atom stereocenters. The largest absolute Gasteiger partial charge is 0.448 e. The zero-order valence-electron chi connectivity index (χ0n) is 8.08. The monoisotopic (exact) mass is 197 g/mol. The Bertz CT molecular complexity index is 243. The molecule has 0 atom stereocenters. The maximum absolute atomic E-state index is 10.2. The number of nitrogens with zero attached hydrogens (tertiary/aromatic N) is 1. The molecule has 0 spiro atoms. The van der Waals surface area contributed by atoms with E-state index in [9.17, 15) is 4.79 Å². The molecule has 5 heteroatoms. The van der Waals surface area contributed by atoms with E-state index in [2.05, 4.69) is 16.1 Å². The highest BCUT2D eigenvalue weighted by molar-refractivity contribution is 5.64. The number of nitriles is 1. The molecule has 5 nitrogen and oxygen atoms in total. The minimum Gasteiger partial charge on any atom is -0.448 e. The molecule has 0 aliphatic heterocycles. The molecule has 0 heterocycles. The first-order valence-corrected chi connectivity index (χ1v) is 4.68. The topological polar surface area (TPSA) is 88.1 Å². The predicted octanol–water partition coefficient (Wildman–Crippen LogP) is 0.365. The van der Waals surface area contributed by atoms with Gasteiger partial charge in [0.15, 0.2) is 0 Å². The number of carbonyl (C=O) groups excluding carboxylic acids is 1. The van der Waals surface area contributed by atoms with Crippen molar-refractivity contribution < 1.29 is 9.53 Å². The molecule has 78 valence electrons. The number of hydrogen-bond acceptors (Lipinski definition) is 4. The first kappa shape index (κ1) is 10.8. The highest BCUT2D eigenvalue weighted by atomic mass is 16.5. The van der Waals surface area contributed by atoms with Crippen molar-refractivity contribution >= 4 is 6.09 Å². The van der Waals surface area contributed by atoms with Gasteiger partial charge in [0.25, 0.3) is 0 Å². The Hall–Kier alpha value is -1.28. The lowest BCUT2D eigenvalue weighted by Gasteiger charge is -2.11. The third-order valence-corrected chi connectivity index (χ3v) is 2.43. The van der Waals surface area contributed by atoms with Crippen LogP contribution in [0.1, 0.15) is 19.3 Å². The van der Waals surface area contributed by atoms with Gasteiger partial charge in [0, 0.05) is 19.5 Å². The Morgan fingerprint density at radius 2 is 2.36 bits per heavy atom. The molecule has 1 amide bonds. The van der Waals surface area contributed by atoms with Crippen molar-refractivity contribution in [2.75, 3.05) is 19.7 Å². The zero-order valence-corrected chi connectivity index (χ0v) is 8.08. The first-order chi connectivity index (χ1) is 6.68. The van der Waals surface area contributed by atoms with Crippen LogP contribution in [-0.2, 0) is 4.74 Å². The number of rotatable bonds is 6. The molecular formula is C9H15N3O2. The maximum atomic E-state index is 10.2. The Morgan fingerprint density at radius 1 is 1.64 bits per heavy atom. The number of primary amides is 1. The summed E-state index contributed by atoms with van der Waals surface area (Å²) in [6.07, 6.45) is 2.09. The van der Waals surface area contributed by atoms with Gasteiger partial charge in [0.2, 0.25) is 0 Å². The van der Waals surface area contributed by atoms with Crippen LogP contribution in [-0.4, -0.2) is 25.8 Å². The van der Waals surface area contributed by atoms with E-state index in [0.717, 1.165) is 19.4 Å². The van der Waals surface area contributed by atoms with E-state index in [4.69, 9.17) is 11.0 Å². The molecule has 0 aromatic carbocycles. The van der Waals surface area contributed by atoms with Crippen molar-refractivity contribution in [1.29, 1.82) is 5.26 Å². The van der Waals surface area contributed by atoms with Crippen LogP contribution in [0.2, 0.25) is 0 Å². The quantitative estimate of drug-likeness (QED) is 0.602. The third kappa shape index (κ3) is 3.62. The molecule has 1 rings (SSSR count). The van der Waals surface area contributed by atoms with Gasteiger partial charge < -0.3 is 15.8 Å². The van der Waals surface area contributed by atoms with Gasteiger partial charge >= 0.3 is 6.09 Å². The Labute approximate surface area is 83.2 Å². The van der Waals surface area contributed by atoms with Crippen molar-refractivity contribution in [3.63, 3.8) is 0 Å². The number of nitrogens with one attached hydrogen (secondary N) is 1. The molecule has 0 aromatic heterocycles. The van der Waals surface area contributed by atoms with Crippen LogP contribution in [0.5, 0.6) is 0 Å². The summed E-state index contributed by atoms with van der Waals surface area (Å²) in [6.45, 7) is 1.71. The summed E-state index contributed by atoms with van der Waals surface area (Å²) in [4.78, 5) is 10.2. The van der Waals surface area contributed by atoms with Gasteiger partial charge in [-0.15, -0.1) is 0 Å². The van der Waals surface area contributed by atoms with Gasteiger partial charge in [0.05, 0.1) is 6.07 Å². The molecule has 3 N–H and O–H groups in total. The summed E-state index contributed by atoms with van der Waals surface area (Å²) in [5, 5.41) is 11.7. The van der Waals surface area contributed by atoms with Crippen LogP contribution in [0.25, 0.3) is 0 Å². The van der Waals surface area contributed by atoms with E-state index in [1.165, 1.54) is 0 Å². The fraction of sp³-hybridized carbons (Fsp3) is 0.778. The third-order valence-electron chi connectivity index (χ3n) is 2.43. The van der Waals surface area contributed by atoms with Crippen molar-refractivity contribution in [2.24, 2.45) is 11.1 Å². The average Bonchev–Trinajstić information content (AvgIpc) is 2.85. The predicted molar refractivity (Wildman–Crippen MR) is 50.3 cm³/mol. The summed E-state index contributed by atoms with van der Waals surface area (Å²) >= 11 is 0. The maximum Gasteiger partial charge on any atom is 0.404 e. The molecular weight excluding hydrogens is 182 g/mol. The average molecular weight is 197 g/mol. The van der Waals surface area contributed by atoms with E-state index in [1.54, 1.807) is 0 Å². The van der Waals surface area contributed by atoms with Crippen LogP contribution < -0.4 is 11.1 Å². The molecule has 0 saturated heterocycles. The van der Waals surface area contributed by atoms with E-state index < -0.39 is 6.09 Å². The summed E-state index contributed by atoms with van der Waals surface area (Å²) in [5.41, 5.74) is 4.98. The van der Waals surface area contributed by atoms with Crippen LogP contribution in [0.15, 0.2) is 0 Å². The van der Waals surface area contributed by atoms with Gasteiger partial charge in [-0.3, -0.25) is 0 Å². The lowest BCUT2D eigenvalue weighted by Crippen LogP contribution is -2.28. The van der Waals surface area contributed by atoms with Gasteiger partial charge in [-0.25, -0.2) is 4.79 Å². The van der Waals surface area contributed by atoms with E-state index >= 15 is 0 Å². The summed E-state index contributed by atoms with van der Waals surface area (Å²) in [7, 11) is 0. The van der Waals surface area contributed by atoms with Crippen LogP contribution in [0.4, 0.5) is 4.79 Å². The fourth-order valence-electron chi connectivity index (χ4n) is 1.34. The first-order valence-electron chi connectivity index (χ1n) is 4.68. The number of hydrogen-bond donors (Lipinski definition) is 2. The highest BCUT2D eigenvalue weighted by Crippen LogP contribution is 2.47. The standard InChI is InChI=1S/C9H15N3O2/c10-4-3-9(1-2-9)7-12-5-6-14-8(11)13/h12H,1-3,5-7H2,(H2,11,13). The Morgan fingerprint density at radius 3 is 2.86 bits per heavy atom. The second-order valence-corrected chi connectivity index (χ2v) is 3.68. The molecule has 1 saturated carbocycles. The lowest BCUT2D eigenvalue weighted by atomic mass is 10.0. The van der Waals surface area contributed by atoms with Gasteiger partial charge in [-0.1, -0.05) is 0 Å². The number of nitrogens with two attached hydrogens (primary N) is 1. The van der Waals surface area contributed by atoms with Gasteiger partial charge in [-0.05, 0) is 18.3 Å².